The van der Waals surface area contributed by atoms with E-state index in [4.69, 9.17) is 0 Å². The van der Waals surface area contributed by atoms with E-state index in [1.165, 1.54) is 96.3 Å². The highest BCUT2D eigenvalue weighted by atomic mass is 14.6. The van der Waals surface area contributed by atoms with Gasteiger partial charge in [0.25, 0.3) is 0 Å². The third-order valence-electron chi connectivity index (χ3n) is 13.5. The molecular formula is C38H44. The summed E-state index contributed by atoms with van der Waals surface area (Å²) in [5.41, 5.74) is 11.5. The summed E-state index contributed by atoms with van der Waals surface area (Å²) in [6, 6.07) is 19.5. The van der Waals surface area contributed by atoms with Gasteiger partial charge in [-0.2, -0.15) is 0 Å². The van der Waals surface area contributed by atoms with E-state index in [1.54, 1.807) is 33.4 Å². The number of rotatable bonds is 4. The Morgan fingerprint density at radius 1 is 0.500 bits per heavy atom. The fourth-order valence-electron chi connectivity index (χ4n) is 11.8. The largest absolute Gasteiger partial charge is 0.0720 e. The van der Waals surface area contributed by atoms with Crippen LogP contribution in [0.4, 0.5) is 0 Å². The van der Waals surface area contributed by atoms with Crippen molar-refractivity contribution >= 4 is 11.1 Å². The molecule has 2 aromatic rings. The Balaban J connectivity index is 1.22. The molecule has 9 rings (SSSR count). The van der Waals surface area contributed by atoms with Crippen LogP contribution in [0.5, 0.6) is 0 Å². The monoisotopic (exact) mass is 500 g/mol. The summed E-state index contributed by atoms with van der Waals surface area (Å²) in [6.07, 6.45) is 27.4. The lowest BCUT2D eigenvalue weighted by Crippen LogP contribution is -2.35. The van der Waals surface area contributed by atoms with E-state index in [0.29, 0.717) is 28.1 Å². The van der Waals surface area contributed by atoms with Gasteiger partial charge in [-0.1, -0.05) is 79.9 Å². The number of fused-ring (bicyclic) bond motifs is 6. The summed E-state index contributed by atoms with van der Waals surface area (Å²) in [6.45, 7) is 0. The van der Waals surface area contributed by atoms with E-state index >= 15 is 0 Å². The van der Waals surface area contributed by atoms with Crippen LogP contribution in [0.1, 0.15) is 130 Å². The Morgan fingerprint density at radius 2 is 0.947 bits per heavy atom. The average Bonchev–Trinajstić information content (AvgIpc) is 3.82. The molecule has 0 spiro atoms. The van der Waals surface area contributed by atoms with Crippen LogP contribution in [-0.4, -0.2) is 0 Å². The first-order chi connectivity index (χ1) is 18.7. The molecule has 5 fully saturated rings. The molecule has 0 heterocycles. The van der Waals surface area contributed by atoms with Gasteiger partial charge in [0.2, 0.25) is 0 Å². The molecule has 0 amide bonds. The molecule has 0 nitrogen and oxygen atoms in total. The normalized spacial score (nSPS) is 39.8. The number of allylic oxidation sites excluding steroid dienone is 4. The Morgan fingerprint density at radius 3 is 1.37 bits per heavy atom. The predicted molar refractivity (Wildman–Crippen MR) is 158 cm³/mol. The standard InChI is InChI=1S/C38H44/c1-6-16-38(17-7-1,34-22-32(28-8-2-4-10-30(28)34)36-18-12-26(24-36)13-19-36)35-23-33(29-9-3-5-11-31(29)35)37-20-14-27(25-37)15-21-37/h2-5,8-11,22-23,26-27,34-35H,1,6-7,12-21,24-25H2. The van der Waals surface area contributed by atoms with E-state index in [9.17, 15) is 0 Å². The molecule has 7 aliphatic carbocycles. The van der Waals surface area contributed by atoms with Gasteiger partial charge >= 0.3 is 0 Å². The van der Waals surface area contributed by atoms with Gasteiger partial charge in [-0.05, 0) is 139 Å². The minimum absolute atomic E-state index is 0.328. The SMILES string of the molecule is C1=C(C23CCC(CC2)C3)c2ccccc2C1C1(C2C=C(C34CCC(CC3)C4)c3ccccc32)CCCCC1. The fraction of sp³-hybridized carbons (Fsp3) is 0.579. The lowest BCUT2D eigenvalue weighted by atomic mass is 9.57. The zero-order valence-corrected chi connectivity index (χ0v) is 23.2. The topological polar surface area (TPSA) is 0 Å². The van der Waals surface area contributed by atoms with E-state index in [2.05, 4.69) is 60.7 Å². The van der Waals surface area contributed by atoms with Gasteiger partial charge in [0.1, 0.15) is 0 Å². The summed E-state index contributed by atoms with van der Waals surface area (Å²) in [7, 11) is 0. The predicted octanol–water partition coefficient (Wildman–Crippen LogP) is 10.5. The first kappa shape index (κ1) is 22.7. The van der Waals surface area contributed by atoms with Crippen LogP contribution in [0.25, 0.3) is 11.1 Å². The number of hydrogen-bond acceptors (Lipinski definition) is 0. The molecule has 2 unspecified atom stereocenters. The summed E-state index contributed by atoms with van der Waals surface area (Å²) in [5, 5.41) is 0. The minimum atomic E-state index is 0.328. The van der Waals surface area contributed by atoms with Gasteiger partial charge in [-0.3, -0.25) is 0 Å². The zero-order chi connectivity index (χ0) is 25.0. The van der Waals surface area contributed by atoms with Crippen LogP contribution in [0.2, 0.25) is 0 Å². The van der Waals surface area contributed by atoms with Gasteiger partial charge in [0.05, 0.1) is 0 Å². The van der Waals surface area contributed by atoms with Crippen molar-refractivity contribution in [3.8, 4) is 0 Å². The second-order valence-electron chi connectivity index (χ2n) is 14.9. The lowest BCUT2D eigenvalue weighted by Gasteiger charge is -2.47. The van der Waals surface area contributed by atoms with Crippen molar-refractivity contribution in [1.82, 2.24) is 0 Å². The van der Waals surface area contributed by atoms with E-state index in [-0.39, 0.29) is 0 Å². The lowest BCUT2D eigenvalue weighted by molar-refractivity contribution is 0.144. The smallest absolute Gasteiger partial charge is 0.00956 e. The third kappa shape index (κ3) is 2.93. The van der Waals surface area contributed by atoms with Crippen molar-refractivity contribution in [2.75, 3.05) is 0 Å². The highest BCUT2D eigenvalue weighted by Gasteiger charge is 2.56. The summed E-state index contributed by atoms with van der Waals surface area (Å²) in [4.78, 5) is 0. The summed E-state index contributed by atoms with van der Waals surface area (Å²) in [5.74, 6) is 3.15. The molecule has 0 N–H and O–H groups in total. The van der Waals surface area contributed by atoms with E-state index in [1.807, 2.05) is 0 Å². The summed E-state index contributed by atoms with van der Waals surface area (Å²) < 4.78 is 0. The average molecular weight is 501 g/mol. The van der Waals surface area contributed by atoms with Crippen LogP contribution in [0.15, 0.2) is 60.7 Å². The van der Waals surface area contributed by atoms with Crippen molar-refractivity contribution in [3.63, 3.8) is 0 Å². The molecule has 0 saturated heterocycles. The summed E-state index contributed by atoms with van der Waals surface area (Å²) >= 11 is 0. The van der Waals surface area contributed by atoms with Crippen LogP contribution in [0, 0.1) is 28.1 Å². The van der Waals surface area contributed by atoms with Crippen molar-refractivity contribution in [3.05, 3.63) is 82.9 Å². The van der Waals surface area contributed by atoms with Crippen molar-refractivity contribution in [2.45, 2.75) is 108 Å². The van der Waals surface area contributed by atoms with Crippen molar-refractivity contribution in [1.29, 1.82) is 0 Å². The quantitative estimate of drug-likeness (QED) is 0.391. The van der Waals surface area contributed by atoms with Crippen molar-refractivity contribution in [2.24, 2.45) is 28.1 Å². The second-order valence-corrected chi connectivity index (χ2v) is 14.9. The van der Waals surface area contributed by atoms with Crippen LogP contribution >= 0.6 is 0 Å². The Kier molecular flexibility index (Phi) is 4.77. The van der Waals surface area contributed by atoms with Gasteiger partial charge in [0.15, 0.2) is 0 Å². The van der Waals surface area contributed by atoms with E-state index < -0.39 is 0 Å². The molecule has 0 heteroatoms. The van der Waals surface area contributed by atoms with Gasteiger partial charge in [-0.15, -0.1) is 0 Å². The van der Waals surface area contributed by atoms with Crippen LogP contribution in [0.3, 0.4) is 0 Å². The number of hydrogen-bond donors (Lipinski definition) is 0. The van der Waals surface area contributed by atoms with Gasteiger partial charge in [0, 0.05) is 11.8 Å². The molecule has 4 bridgehead atoms. The molecule has 0 aliphatic heterocycles. The molecule has 38 heavy (non-hydrogen) atoms. The first-order valence-electron chi connectivity index (χ1n) is 16.3. The van der Waals surface area contributed by atoms with Crippen LogP contribution < -0.4 is 0 Å². The minimum Gasteiger partial charge on any atom is -0.0720 e. The van der Waals surface area contributed by atoms with Crippen LogP contribution in [-0.2, 0) is 0 Å². The van der Waals surface area contributed by atoms with Gasteiger partial charge in [-0.25, -0.2) is 0 Å². The maximum Gasteiger partial charge on any atom is 0.00956 e. The Labute approximate surface area is 230 Å². The molecular weight excluding hydrogens is 456 g/mol. The first-order valence-corrected chi connectivity index (χ1v) is 16.3. The Bertz CT molecular complexity index is 1230. The van der Waals surface area contributed by atoms with Gasteiger partial charge < -0.3 is 0 Å². The van der Waals surface area contributed by atoms with Crippen molar-refractivity contribution < 1.29 is 0 Å². The molecule has 0 radical (unpaired) electrons. The molecule has 2 atom stereocenters. The number of benzene rings is 2. The maximum absolute atomic E-state index is 2.90. The molecule has 5 saturated carbocycles. The second kappa shape index (κ2) is 7.99. The highest BCUT2D eigenvalue weighted by molar-refractivity contribution is 5.82. The third-order valence-corrected chi connectivity index (χ3v) is 13.5. The fourth-order valence-corrected chi connectivity index (χ4v) is 11.8. The highest BCUT2D eigenvalue weighted by Crippen LogP contribution is 2.69. The zero-order valence-electron chi connectivity index (χ0n) is 23.2. The van der Waals surface area contributed by atoms with E-state index in [0.717, 1.165) is 11.8 Å². The maximum atomic E-state index is 2.90. The molecule has 7 aliphatic rings. The molecule has 0 aromatic heterocycles. The molecule has 196 valence electrons. The Hall–Kier alpha value is -2.08. The molecule has 2 aromatic carbocycles.